The number of hydrogen-bond donors (Lipinski definition) is 1. The van der Waals surface area contributed by atoms with Gasteiger partial charge in [0.25, 0.3) is 0 Å². The smallest absolute Gasteiger partial charge is 0.164 e. The molecule has 1 fully saturated rings. The molecule has 78 valence electrons. The fraction of sp³-hybridized carbons (Fsp3) is 0.667. The summed E-state index contributed by atoms with van der Waals surface area (Å²) in [5.41, 5.74) is 0. The summed E-state index contributed by atoms with van der Waals surface area (Å²) < 4.78 is 11.2. The average molecular weight is 215 g/mol. The Balaban J connectivity index is 2.19. The number of aliphatic hydroxyl groups excluding tert-OH is 1. The van der Waals surface area contributed by atoms with Gasteiger partial charge in [-0.05, 0) is 13.8 Å². The third kappa shape index (κ3) is 1.81. The molecule has 0 bridgehead atoms. The van der Waals surface area contributed by atoms with Gasteiger partial charge in [0.1, 0.15) is 17.2 Å². The summed E-state index contributed by atoms with van der Waals surface area (Å²) >= 11 is 1.51. The monoisotopic (exact) mass is 215 g/mol. The Kier molecular flexibility index (Phi) is 2.57. The zero-order chi connectivity index (χ0) is 10.2. The lowest BCUT2D eigenvalue weighted by atomic mass is 10.2. The van der Waals surface area contributed by atoms with E-state index in [4.69, 9.17) is 14.6 Å². The molecule has 1 aliphatic heterocycles. The predicted molar refractivity (Wildman–Crippen MR) is 52.0 cm³/mol. The van der Waals surface area contributed by atoms with Crippen LogP contribution in [0.4, 0.5) is 0 Å². The van der Waals surface area contributed by atoms with Gasteiger partial charge in [-0.1, -0.05) is 0 Å². The summed E-state index contributed by atoms with van der Waals surface area (Å²) in [6, 6.07) is 0. The van der Waals surface area contributed by atoms with Gasteiger partial charge in [-0.2, -0.15) is 0 Å². The quantitative estimate of drug-likeness (QED) is 0.808. The van der Waals surface area contributed by atoms with Crippen LogP contribution in [0.1, 0.15) is 25.0 Å². The normalized spacial score (nSPS) is 30.8. The van der Waals surface area contributed by atoms with E-state index < -0.39 is 5.79 Å². The maximum atomic E-state index is 9.14. The van der Waals surface area contributed by atoms with Crippen molar-refractivity contribution in [1.82, 2.24) is 4.98 Å². The summed E-state index contributed by atoms with van der Waals surface area (Å²) in [4.78, 5) is 4.16. The summed E-state index contributed by atoms with van der Waals surface area (Å²) in [6.07, 6.45) is 1.18. The van der Waals surface area contributed by atoms with Crippen LogP contribution in [0.15, 0.2) is 11.6 Å². The van der Waals surface area contributed by atoms with Crippen LogP contribution in [0.25, 0.3) is 0 Å². The lowest BCUT2D eigenvalue weighted by Gasteiger charge is -2.16. The molecule has 2 rings (SSSR count). The zero-order valence-corrected chi connectivity index (χ0v) is 8.95. The minimum Gasteiger partial charge on any atom is -0.394 e. The summed E-state index contributed by atoms with van der Waals surface area (Å²) in [7, 11) is 0. The van der Waals surface area contributed by atoms with Crippen molar-refractivity contribution in [2.24, 2.45) is 0 Å². The molecule has 1 aliphatic rings. The first kappa shape index (κ1) is 10.0. The molecular formula is C9H13NO3S. The highest BCUT2D eigenvalue weighted by Gasteiger charge is 2.42. The molecule has 0 radical (unpaired) electrons. The van der Waals surface area contributed by atoms with E-state index in [9.17, 15) is 0 Å². The fourth-order valence-electron chi connectivity index (χ4n) is 1.55. The number of hydrogen-bond acceptors (Lipinski definition) is 5. The minimum atomic E-state index is -0.635. The lowest BCUT2D eigenvalue weighted by molar-refractivity contribution is -0.149. The Bertz CT molecular complexity index is 299. The largest absolute Gasteiger partial charge is 0.394 e. The molecule has 1 aromatic rings. The molecule has 4 nitrogen and oxygen atoms in total. The summed E-state index contributed by atoms with van der Waals surface area (Å²) in [6.45, 7) is 3.63. The van der Waals surface area contributed by atoms with Gasteiger partial charge in [0.2, 0.25) is 0 Å². The van der Waals surface area contributed by atoms with E-state index in [2.05, 4.69) is 4.98 Å². The van der Waals surface area contributed by atoms with Crippen molar-refractivity contribution in [3.63, 3.8) is 0 Å². The van der Waals surface area contributed by atoms with Gasteiger partial charge < -0.3 is 14.6 Å². The third-order valence-corrected chi connectivity index (χ3v) is 2.90. The molecule has 0 unspecified atom stereocenters. The van der Waals surface area contributed by atoms with Crippen molar-refractivity contribution in [1.29, 1.82) is 0 Å². The number of aliphatic hydroxyl groups is 1. The molecule has 2 heterocycles. The number of nitrogens with zero attached hydrogens (tertiary/aromatic N) is 1. The molecule has 0 aromatic carbocycles. The standard InChI is InChI=1S/C9H13NO3S/c1-9(2)12-6(5-11)7(13-9)8-10-3-4-14-8/h3-4,6-7,11H,5H2,1-2H3/t6-,7-/m1/s1. The SMILES string of the molecule is CC1(C)O[C@H](CO)[C@H](c2nccs2)O1. The van der Waals surface area contributed by atoms with Gasteiger partial charge in [-0.3, -0.25) is 0 Å². The maximum Gasteiger partial charge on any atom is 0.164 e. The Morgan fingerprint density at radius 2 is 2.36 bits per heavy atom. The molecule has 0 saturated carbocycles. The molecule has 5 heteroatoms. The molecule has 1 N–H and O–H groups in total. The van der Waals surface area contributed by atoms with Crippen LogP contribution in [-0.2, 0) is 9.47 Å². The predicted octanol–water partition coefficient (Wildman–Crippen LogP) is 1.33. The molecule has 1 saturated heterocycles. The van der Waals surface area contributed by atoms with E-state index in [1.807, 2.05) is 19.2 Å². The van der Waals surface area contributed by atoms with Crippen molar-refractivity contribution < 1.29 is 14.6 Å². The van der Waals surface area contributed by atoms with Crippen LogP contribution in [0, 0.1) is 0 Å². The summed E-state index contributed by atoms with van der Waals surface area (Å²) in [5, 5.41) is 11.9. The van der Waals surface area contributed by atoms with E-state index in [1.54, 1.807) is 6.20 Å². The Labute approximate surface area is 86.5 Å². The van der Waals surface area contributed by atoms with Crippen molar-refractivity contribution in [3.8, 4) is 0 Å². The number of aromatic nitrogens is 1. The lowest BCUT2D eigenvalue weighted by Crippen LogP contribution is -2.23. The fourth-order valence-corrected chi connectivity index (χ4v) is 2.27. The second-order valence-corrected chi connectivity index (χ2v) is 4.57. The highest BCUT2D eigenvalue weighted by atomic mass is 32.1. The molecular weight excluding hydrogens is 202 g/mol. The molecule has 14 heavy (non-hydrogen) atoms. The highest BCUT2D eigenvalue weighted by molar-refractivity contribution is 7.09. The van der Waals surface area contributed by atoms with Gasteiger partial charge in [0.15, 0.2) is 5.79 Å². The molecule has 1 aromatic heterocycles. The van der Waals surface area contributed by atoms with Gasteiger partial charge in [-0.25, -0.2) is 4.98 Å². The van der Waals surface area contributed by atoms with Crippen molar-refractivity contribution in [2.75, 3.05) is 6.61 Å². The average Bonchev–Trinajstić information content (AvgIpc) is 2.70. The van der Waals surface area contributed by atoms with E-state index in [0.717, 1.165) is 5.01 Å². The van der Waals surface area contributed by atoms with Crippen molar-refractivity contribution in [2.45, 2.75) is 31.8 Å². The second-order valence-electron chi connectivity index (χ2n) is 3.65. The summed E-state index contributed by atoms with van der Waals surface area (Å²) in [5.74, 6) is -0.635. The van der Waals surface area contributed by atoms with Crippen LogP contribution in [0.2, 0.25) is 0 Å². The minimum absolute atomic E-state index is 0.0479. The van der Waals surface area contributed by atoms with E-state index in [1.165, 1.54) is 11.3 Å². The third-order valence-electron chi connectivity index (χ3n) is 2.06. The number of ether oxygens (including phenoxy) is 2. The van der Waals surface area contributed by atoms with Gasteiger partial charge in [0, 0.05) is 11.6 Å². The first-order valence-electron chi connectivity index (χ1n) is 4.48. The van der Waals surface area contributed by atoms with E-state index >= 15 is 0 Å². The number of thiazole rings is 1. The van der Waals surface area contributed by atoms with E-state index in [0.29, 0.717) is 0 Å². The van der Waals surface area contributed by atoms with Crippen molar-refractivity contribution >= 4 is 11.3 Å². The van der Waals surface area contributed by atoms with Gasteiger partial charge in [0.05, 0.1) is 6.61 Å². The van der Waals surface area contributed by atoms with Gasteiger partial charge >= 0.3 is 0 Å². The highest BCUT2D eigenvalue weighted by Crippen LogP contribution is 2.38. The Morgan fingerprint density at radius 3 is 2.93 bits per heavy atom. The van der Waals surface area contributed by atoms with Gasteiger partial charge in [-0.15, -0.1) is 11.3 Å². The topological polar surface area (TPSA) is 51.6 Å². The number of rotatable bonds is 2. The maximum absolute atomic E-state index is 9.14. The Morgan fingerprint density at radius 1 is 1.57 bits per heavy atom. The van der Waals surface area contributed by atoms with E-state index in [-0.39, 0.29) is 18.8 Å². The van der Waals surface area contributed by atoms with Crippen LogP contribution in [0.5, 0.6) is 0 Å². The molecule has 2 atom stereocenters. The molecule has 0 amide bonds. The van der Waals surface area contributed by atoms with Crippen LogP contribution >= 0.6 is 11.3 Å². The second kappa shape index (κ2) is 3.58. The molecule has 0 spiro atoms. The first-order chi connectivity index (χ1) is 6.62. The van der Waals surface area contributed by atoms with Crippen LogP contribution < -0.4 is 0 Å². The zero-order valence-electron chi connectivity index (χ0n) is 8.14. The van der Waals surface area contributed by atoms with Crippen molar-refractivity contribution in [3.05, 3.63) is 16.6 Å². The van der Waals surface area contributed by atoms with Crippen LogP contribution in [0.3, 0.4) is 0 Å². The first-order valence-corrected chi connectivity index (χ1v) is 5.36. The molecule has 0 aliphatic carbocycles. The Hall–Kier alpha value is -0.490. The van der Waals surface area contributed by atoms with Crippen LogP contribution in [-0.4, -0.2) is 28.6 Å².